The fraction of sp³-hybridized carbons (Fsp3) is 0.643. The van der Waals surface area contributed by atoms with Gasteiger partial charge in [-0.15, -0.1) is 12.4 Å². The molecule has 0 saturated carbocycles. The fourth-order valence-electron chi connectivity index (χ4n) is 2.73. The lowest BCUT2D eigenvalue weighted by molar-refractivity contribution is 0.0668. The predicted molar refractivity (Wildman–Crippen MR) is 77.7 cm³/mol. The van der Waals surface area contributed by atoms with Crippen molar-refractivity contribution in [2.75, 3.05) is 19.6 Å². The third kappa shape index (κ3) is 3.74. The summed E-state index contributed by atoms with van der Waals surface area (Å²) >= 11 is 0. The summed E-state index contributed by atoms with van der Waals surface area (Å²) in [6, 6.07) is 1.84. The van der Waals surface area contributed by atoms with Gasteiger partial charge in [0.05, 0.1) is 5.56 Å². The molecule has 1 saturated heterocycles. The molecule has 1 aliphatic rings. The van der Waals surface area contributed by atoms with Gasteiger partial charge >= 0.3 is 0 Å². The summed E-state index contributed by atoms with van der Waals surface area (Å²) < 4.78 is 5.43. The second kappa shape index (κ2) is 6.96. The van der Waals surface area contributed by atoms with Crippen molar-refractivity contribution in [2.24, 2.45) is 11.7 Å². The summed E-state index contributed by atoms with van der Waals surface area (Å²) in [5.74, 6) is 2.18. The molecule has 1 fully saturated rings. The third-order valence-electron chi connectivity index (χ3n) is 3.65. The van der Waals surface area contributed by atoms with E-state index in [1.165, 1.54) is 6.42 Å². The van der Waals surface area contributed by atoms with E-state index in [0.717, 1.165) is 37.5 Å². The van der Waals surface area contributed by atoms with E-state index in [0.29, 0.717) is 18.0 Å². The maximum Gasteiger partial charge on any atom is 0.257 e. The van der Waals surface area contributed by atoms with Gasteiger partial charge in [0.1, 0.15) is 11.5 Å². The molecular formula is C14H23ClN2O2. The third-order valence-corrected chi connectivity index (χ3v) is 3.65. The van der Waals surface area contributed by atoms with E-state index in [1.807, 2.05) is 24.8 Å². The Morgan fingerprint density at radius 3 is 2.84 bits per heavy atom. The molecule has 2 rings (SSSR count). The van der Waals surface area contributed by atoms with Crippen molar-refractivity contribution in [2.45, 2.75) is 33.1 Å². The van der Waals surface area contributed by atoms with E-state index in [9.17, 15) is 4.79 Å². The van der Waals surface area contributed by atoms with E-state index in [4.69, 9.17) is 10.2 Å². The topological polar surface area (TPSA) is 59.5 Å². The van der Waals surface area contributed by atoms with Gasteiger partial charge in [0.15, 0.2) is 0 Å². The summed E-state index contributed by atoms with van der Waals surface area (Å²) in [4.78, 5) is 14.4. The highest BCUT2D eigenvalue weighted by Gasteiger charge is 2.26. The lowest BCUT2D eigenvalue weighted by Crippen LogP contribution is -2.40. The first kappa shape index (κ1) is 16.1. The Kier molecular flexibility index (Phi) is 5.88. The minimum Gasteiger partial charge on any atom is -0.466 e. The number of hydrogen-bond donors (Lipinski definition) is 1. The van der Waals surface area contributed by atoms with Crippen molar-refractivity contribution in [3.05, 3.63) is 23.2 Å². The number of nitrogens with zero attached hydrogens (tertiary/aromatic N) is 1. The molecule has 1 unspecified atom stereocenters. The van der Waals surface area contributed by atoms with Gasteiger partial charge in [0.2, 0.25) is 0 Å². The van der Waals surface area contributed by atoms with Crippen molar-refractivity contribution < 1.29 is 9.21 Å². The van der Waals surface area contributed by atoms with Crippen LogP contribution < -0.4 is 5.73 Å². The average Bonchev–Trinajstić information content (AvgIpc) is 2.68. The number of likely N-dealkylation sites (tertiary alicyclic amines) is 1. The zero-order chi connectivity index (χ0) is 13.1. The summed E-state index contributed by atoms with van der Waals surface area (Å²) in [5.41, 5.74) is 6.31. The summed E-state index contributed by atoms with van der Waals surface area (Å²) in [5, 5.41) is 0. The Morgan fingerprint density at radius 1 is 1.53 bits per heavy atom. The van der Waals surface area contributed by atoms with Crippen LogP contribution in [-0.2, 0) is 0 Å². The molecule has 19 heavy (non-hydrogen) atoms. The summed E-state index contributed by atoms with van der Waals surface area (Å²) in [6.07, 6.45) is 3.27. The monoisotopic (exact) mass is 286 g/mol. The van der Waals surface area contributed by atoms with Gasteiger partial charge in [-0.25, -0.2) is 0 Å². The zero-order valence-corrected chi connectivity index (χ0v) is 12.5. The number of aryl methyl sites for hydroxylation is 2. The number of halogens is 1. The number of rotatable bonds is 3. The van der Waals surface area contributed by atoms with Crippen molar-refractivity contribution in [3.8, 4) is 0 Å². The number of carbonyl (C=O) groups is 1. The van der Waals surface area contributed by atoms with Crippen LogP contribution in [0.5, 0.6) is 0 Å². The minimum absolute atomic E-state index is 0. The molecule has 0 radical (unpaired) electrons. The highest BCUT2D eigenvalue weighted by molar-refractivity contribution is 5.95. The standard InChI is InChI=1S/C14H22N2O2.ClH/c1-10-8-13(11(2)18-10)14(17)16-7-3-4-12(9-16)5-6-15;/h8,12H,3-7,9,15H2,1-2H3;1H. The molecule has 1 aliphatic heterocycles. The Balaban J connectivity index is 0.00000180. The predicted octanol–water partition coefficient (Wildman–Crippen LogP) is 2.52. The second-order valence-corrected chi connectivity index (χ2v) is 5.16. The maximum absolute atomic E-state index is 12.4. The molecule has 1 atom stereocenters. The molecule has 2 heterocycles. The molecule has 0 aromatic carbocycles. The normalized spacial score (nSPS) is 19.1. The molecular weight excluding hydrogens is 264 g/mol. The van der Waals surface area contributed by atoms with Gasteiger partial charge < -0.3 is 15.1 Å². The van der Waals surface area contributed by atoms with E-state index in [-0.39, 0.29) is 18.3 Å². The van der Waals surface area contributed by atoms with Crippen LogP contribution >= 0.6 is 12.4 Å². The largest absolute Gasteiger partial charge is 0.466 e. The lowest BCUT2D eigenvalue weighted by Gasteiger charge is -2.32. The molecule has 0 bridgehead atoms. The van der Waals surface area contributed by atoms with Gasteiger partial charge in [-0.2, -0.15) is 0 Å². The molecule has 1 aromatic rings. The molecule has 0 aliphatic carbocycles. The van der Waals surface area contributed by atoms with Gasteiger partial charge in [-0.3, -0.25) is 4.79 Å². The molecule has 0 spiro atoms. The van der Waals surface area contributed by atoms with Crippen molar-refractivity contribution in [1.82, 2.24) is 4.90 Å². The Bertz CT molecular complexity index is 429. The Hall–Kier alpha value is -1.000. The Morgan fingerprint density at radius 2 is 2.26 bits per heavy atom. The molecule has 2 N–H and O–H groups in total. The number of nitrogens with two attached hydrogens (primary N) is 1. The Labute approximate surface area is 120 Å². The van der Waals surface area contributed by atoms with Crippen LogP contribution in [0.1, 0.15) is 41.1 Å². The van der Waals surface area contributed by atoms with Crippen molar-refractivity contribution in [3.63, 3.8) is 0 Å². The highest BCUT2D eigenvalue weighted by atomic mass is 35.5. The van der Waals surface area contributed by atoms with E-state index in [1.54, 1.807) is 0 Å². The van der Waals surface area contributed by atoms with E-state index < -0.39 is 0 Å². The lowest BCUT2D eigenvalue weighted by atomic mass is 9.94. The first-order valence-corrected chi connectivity index (χ1v) is 6.68. The summed E-state index contributed by atoms with van der Waals surface area (Å²) in [7, 11) is 0. The smallest absolute Gasteiger partial charge is 0.257 e. The molecule has 108 valence electrons. The van der Waals surface area contributed by atoms with Crippen LogP contribution in [0.4, 0.5) is 0 Å². The number of hydrogen-bond acceptors (Lipinski definition) is 3. The van der Waals surface area contributed by atoms with Crippen LogP contribution in [0.2, 0.25) is 0 Å². The molecule has 4 nitrogen and oxygen atoms in total. The SMILES string of the molecule is Cc1cc(C(=O)N2CCCC(CCN)C2)c(C)o1.Cl. The molecule has 1 aromatic heterocycles. The zero-order valence-electron chi connectivity index (χ0n) is 11.6. The fourth-order valence-corrected chi connectivity index (χ4v) is 2.73. The van der Waals surface area contributed by atoms with Crippen LogP contribution in [0.3, 0.4) is 0 Å². The van der Waals surface area contributed by atoms with Crippen LogP contribution in [0.25, 0.3) is 0 Å². The second-order valence-electron chi connectivity index (χ2n) is 5.16. The van der Waals surface area contributed by atoms with E-state index >= 15 is 0 Å². The number of piperidine rings is 1. The van der Waals surface area contributed by atoms with Gasteiger partial charge in [-0.05, 0) is 51.6 Å². The minimum atomic E-state index is 0. The maximum atomic E-state index is 12.4. The van der Waals surface area contributed by atoms with Crippen LogP contribution in [0.15, 0.2) is 10.5 Å². The van der Waals surface area contributed by atoms with Crippen molar-refractivity contribution >= 4 is 18.3 Å². The summed E-state index contributed by atoms with van der Waals surface area (Å²) in [6.45, 7) is 6.11. The number of furan rings is 1. The van der Waals surface area contributed by atoms with E-state index in [2.05, 4.69) is 0 Å². The quantitative estimate of drug-likeness (QED) is 0.929. The first-order valence-electron chi connectivity index (χ1n) is 6.68. The molecule has 5 heteroatoms. The highest BCUT2D eigenvalue weighted by Crippen LogP contribution is 2.23. The van der Waals surface area contributed by atoms with Crippen LogP contribution in [0, 0.1) is 19.8 Å². The van der Waals surface area contributed by atoms with Crippen molar-refractivity contribution in [1.29, 1.82) is 0 Å². The number of amides is 1. The van der Waals surface area contributed by atoms with Gasteiger partial charge in [0, 0.05) is 13.1 Å². The van der Waals surface area contributed by atoms with Crippen LogP contribution in [-0.4, -0.2) is 30.4 Å². The van der Waals surface area contributed by atoms with Gasteiger partial charge in [0.25, 0.3) is 5.91 Å². The van der Waals surface area contributed by atoms with Gasteiger partial charge in [-0.1, -0.05) is 0 Å². The first-order chi connectivity index (χ1) is 8.61. The number of carbonyl (C=O) groups excluding carboxylic acids is 1. The molecule has 1 amide bonds. The average molecular weight is 287 g/mol.